The average Bonchev–Trinajstić information content (AvgIpc) is 3.34. The lowest BCUT2D eigenvalue weighted by Crippen LogP contribution is -2.66. The minimum atomic E-state index is -5.04. The second-order valence-corrected chi connectivity index (χ2v) is 9.22. The van der Waals surface area contributed by atoms with E-state index in [4.69, 9.17) is 22.1 Å². The highest BCUT2D eigenvalue weighted by molar-refractivity contribution is 6.30. The van der Waals surface area contributed by atoms with E-state index < -0.39 is 23.8 Å². The number of carbonyl (C=O) groups is 1. The van der Waals surface area contributed by atoms with E-state index in [-0.39, 0.29) is 12.2 Å². The number of alkyl halides is 3. The van der Waals surface area contributed by atoms with Gasteiger partial charge in [-0.1, -0.05) is 11.6 Å². The number of hydrogen-bond donors (Lipinski definition) is 2. The highest BCUT2D eigenvalue weighted by atomic mass is 35.5. The molecule has 1 fully saturated rings. The molecule has 1 aliphatic rings. The van der Waals surface area contributed by atoms with Crippen molar-refractivity contribution in [3.63, 3.8) is 0 Å². The van der Waals surface area contributed by atoms with Gasteiger partial charge < -0.3 is 20.7 Å². The molecule has 3 N–H and O–H groups in total. The SMILES string of the molecule is CC(N)(NC(=O)C(F)(F)F)C1CCCN1c1ccc(-n2ccc(OCc3ccc(Cl)cn3)cc2=O)cn1. The zero-order valence-electron chi connectivity index (χ0n) is 19.7. The number of amides is 1. The fourth-order valence-corrected chi connectivity index (χ4v) is 4.28. The van der Waals surface area contributed by atoms with Gasteiger partial charge in [-0.2, -0.15) is 13.2 Å². The third-order valence-corrected chi connectivity index (χ3v) is 6.18. The Hall–Kier alpha value is -3.64. The molecule has 9 nitrogen and oxygen atoms in total. The van der Waals surface area contributed by atoms with Crippen molar-refractivity contribution in [2.24, 2.45) is 5.73 Å². The van der Waals surface area contributed by atoms with Crippen LogP contribution in [0.3, 0.4) is 0 Å². The lowest BCUT2D eigenvalue weighted by molar-refractivity contribution is -0.175. The lowest BCUT2D eigenvalue weighted by Gasteiger charge is -2.38. The standard InChI is InChI=1S/C24H24ClF3N6O3/c1-23(29,32-22(36)24(26,27)28)19-3-2-9-34(19)20-7-6-17(13-31-20)33-10-8-18(11-21(33)35)37-14-16-5-4-15(25)12-30-16/h4-8,10-13,19H,2-3,9,14,29H2,1H3,(H,32,36). The van der Waals surface area contributed by atoms with Crippen LogP contribution in [0.4, 0.5) is 19.0 Å². The fourth-order valence-electron chi connectivity index (χ4n) is 4.17. The molecule has 1 saturated heterocycles. The molecule has 2 unspecified atom stereocenters. The van der Waals surface area contributed by atoms with Gasteiger partial charge in [0.1, 0.15) is 23.8 Å². The van der Waals surface area contributed by atoms with Gasteiger partial charge in [-0.25, -0.2) is 4.98 Å². The summed E-state index contributed by atoms with van der Waals surface area (Å²) in [6.07, 6.45) is 0.630. The van der Waals surface area contributed by atoms with Gasteiger partial charge in [0.15, 0.2) is 0 Å². The quantitative estimate of drug-likeness (QED) is 0.446. The maximum absolute atomic E-state index is 12.7. The Morgan fingerprint density at radius 1 is 1.22 bits per heavy atom. The minimum absolute atomic E-state index is 0.164. The van der Waals surface area contributed by atoms with Crippen molar-refractivity contribution >= 4 is 23.3 Å². The van der Waals surface area contributed by atoms with E-state index in [0.29, 0.717) is 47.4 Å². The molecule has 2 atom stereocenters. The summed E-state index contributed by atoms with van der Waals surface area (Å²) >= 11 is 5.82. The second-order valence-electron chi connectivity index (χ2n) is 8.79. The van der Waals surface area contributed by atoms with Crippen molar-refractivity contribution in [3.8, 4) is 11.4 Å². The third-order valence-electron chi connectivity index (χ3n) is 5.96. The molecular formula is C24H24ClF3N6O3. The van der Waals surface area contributed by atoms with Gasteiger partial charge >= 0.3 is 12.1 Å². The van der Waals surface area contributed by atoms with Gasteiger partial charge in [-0.05, 0) is 50.1 Å². The molecule has 37 heavy (non-hydrogen) atoms. The highest BCUT2D eigenvalue weighted by Gasteiger charge is 2.46. The molecule has 0 aliphatic carbocycles. The highest BCUT2D eigenvalue weighted by Crippen LogP contribution is 2.30. The van der Waals surface area contributed by atoms with Crippen LogP contribution in [0.1, 0.15) is 25.5 Å². The van der Waals surface area contributed by atoms with Gasteiger partial charge in [0.2, 0.25) is 0 Å². The van der Waals surface area contributed by atoms with Crippen LogP contribution in [0, 0.1) is 0 Å². The van der Waals surface area contributed by atoms with Crippen molar-refractivity contribution in [1.82, 2.24) is 19.9 Å². The molecule has 0 aromatic carbocycles. The van der Waals surface area contributed by atoms with E-state index >= 15 is 0 Å². The molecule has 13 heteroatoms. The number of aromatic nitrogens is 3. The number of nitrogens with one attached hydrogen (secondary N) is 1. The first-order chi connectivity index (χ1) is 17.4. The summed E-state index contributed by atoms with van der Waals surface area (Å²) in [6.45, 7) is 2.01. The fraction of sp³-hybridized carbons (Fsp3) is 0.333. The van der Waals surface area contributed by atoms with Crippen LogP contribution < -0.4 is 26.2 Å². The summed E-state index contributed by atoms with van der Waals surface area (Å²) < 4.78 is 45.2. The van der Waals surface area contributed by atoms with Crippen molar-refractivity contribution in [1.29, 1.82) is 0 Å². The van der Waals surface area contributed by atoms with Crippen molar-refractivity contribution < 1.29 is 22.7 Å². The Morgan fingerprint density at radius 2 is 2.00 bits per heavy atom. The van der Waals surface area contributed by atoms with Crippen molar-refractivity contribution in [3.05, 3.63) is 76.1 Å². The van der Waals surface area contributed by atoms with E-state index in [0.717, 1.165) is 0 Å². The van der Waals surface area contributed by atoms with Crippen LogP contribution in [0.15, 0.2) is 59.8 Å². The monoisotopic (exact) mass is 536 g/mol. The zero-order chi connectivity index (χ0) is 26.8. The van der Waals surface area contributed by atoms with Crippen LogP contribution in [0.2, 0.25) is 5.02 Å². The topological polar surface area (TPSA) is 115 Å². The third kappa shape index (κ3) is 6.20. The maximum atomic E-state index is 12.7. The zero-order valence-corrected chi connectivity index (χ0v) is 20.5. The molecule has 1 aliphatic heterocycles. The smallest absolute Gasteiger partial charge is 0.471 e. The van der Waals surface area contributed by atoms with E-state index in [9.17, 15) is 22.8 Å². The van der Waals surface area contributed by atoms with E-state index in [1.165, 1.54) is 30.0 Å². The lowest BCUT2D eigenvalue weighted by atomic mass is 10.0. The van der Waals surface area contributed by atoms with Gasteiger partial charge in [0.05, 0.1) is 28.6 Å². The number of ether oxygens (including phenoxy) is 1. The molecule has 3 aromatic rings. The summed E-state index contributed by atoms with van der Waals surface area (Å²) in [4.78, 5) is 34.4. The summed E-state index contributed by atoms with van der Waals surface area (Å²) in [5.74, 6) is -1.26. The Bertz CT molecular complexity index is 1310. The predicted octanol–water partition coefficient (Wildman–Crippen LogP) is 3.18. The summed E-state index contributed by atoms with van der Waals surface area (Å²) in [5, 5.41) is 2.40. The number of nitrogens with two attached hydrogens (primary N) is 1. The number of anilines is 1. The molecule has 4 heterocycles. The van der Waals surface area contributed by atoms with E-state index in [2.05, 4.69) is 9.97 Å². The molecule has 4 rings (SSSR count). The molecule has 3 aromatic heterocycles. The Morgan fingerprint density at radius 3 is 2.62 bits per heavy atom. The van der Waals surface area contributed by atoms with Gasteiger partial charge in [-0.15, -0.1) is 0 Å². The Balaban J connectivity index is 1.45. The van der Waals surface area contributed by atoms with Gasteiger partial charge in [-0.3, -0.25) is 19.1 Å². The normalized spacial score (nSPS) is 17.4. The van der Waals surface area contributed by atoms with Crippen LogP contribution in [0.5, 0.6) is 5.75 Å². The first kappa shape index (κ1) is 26.4. The first-order valence-corrected chi connectivity index (χ1v) is 11.7. The van der Waals surface area contributed by atoms with Crippen LogP contribution in [-0.4, -0.2) is 44.9 Å². The van der Waals surface area contributed by atoms with Crippen LogP contribution >= 0.6 is 11.6 Å². The van der Waals surface area contributed by atoms with Crippen LogP contribution in [0.25, 0.3) is 5.69 Å². The van der Waals surface area contributed by atoms with Crippen molar-refractivity contribution in [2.45, 2.75) is 44.3 Å². The van der Waals surface area contributed by atoms with E-state index in [1.54, 1.807) is 41.4 Å². The molecule has 0 radical (unpaired) electrons. The largest absolute Gasteiger partial charge is 0.487 e. The molecule has 0 bridgehead atoms. The number of hydrogen-bond acceptors (Lipinski definition) is 7. The minimum Gasteiger partial charge on any atom is -0.487 e. The summed E-state index contributed by atoms with van der Waals surface area (Å²) in [7, 11) is 0. The summed E-state index contributed by atoms with van der Waals surface area (Å²) in [5.41, 5.74) is 5.25. The molecular weight excluding hydrogens is 513 g/mol. The number of nitrogens with zero attached hydrogens (tertiary/aromatic N) is 4. The van der Waals surface area contributed by atoms with Gasteiger partial charge in [0, 0.05) is 25.0 Å². The average molecular weight is 537 g/mol. The van der Waals surface area contributed by atoms with E-state index in [1.807, 2.05) is 5.32 Å². The molecule has 1 amide bonds. The number of pyridine rings is 3. The second kappa shape index (κ2) is 10.4. The summed E-state index contributed by atoms with van der Waals surface area (Å²) in [6, 6.07) is 9.09. The van der Waals surface area contributed by atoms with Crippen molar-refractivity contribution in [2.75, 3.05) is 11.4 Å². The Labute approximate surface area is 215 Å². The van der Waals surface area contributed by atoms with Gasteiger partial charge in [0.25, 0.3) is 5.56 Å². The number of rotatable bonds is 7. The molecule has 196 valence electrons. The maximum Gasteiger partial charge on any atom is 0.471 e. The number of carbonyl (C=O) groups excluding carboxylic acids is 1. The molecule has 0 spiro atoms. The number of halogens is 4. The predicted molar refractivity (Wildman–Crippen MR) is 131 cm³/mol. The first-order valence-electron chi connectivity index (χ1n) is 11.3. The molecule has 0 saturated carbocycles. The Kier molecular flexibility index (Phi) is 7.42. The van der Waals surface area contributed by atoms with Crippen LogP contribution in [-0.2, 0) is 11.4 Å².